The summed E-state index contributed by atoms with van der Waals surface area (Å²) in [7, 11) is 0. The third-order valence-corrected chi connectivity index (χ3v) is 6.83. The van der Waals surface area contributed by atoms with Crippen molar-refractivity contribution in [2.45, 2.75) is 26.8 Å². The number of aryl methyl sites for hydroxylation is 3. The number of tetrazole rings is 1. The van der Waals surface area contributed by atoms with Gasteiger partial charge in [-0.05, 0) is 60.0 Å². The lowest BCUT2D eigenvalue weighted by Crippen LogP contribution is -2.48. The van der Waals surface area contributed by atoms with E-state index in [1.54, 1.807) is 0 Å². The SMILES string of the molecule is Cc1cccc([C@H](c2nnnn2-c2c(C)cccc2C)N2CCN(CC=Cc3ccccc3)CC2)n1. The zero-order valence-electron chi connectivity index (χ0n) is 21.2. The molecule has 0 radical (unpaired) electrons. The van der Waals surface area contributed by atoms with E-state index in [9.17, 15) is 0 Å². The number of pyridine rings is 1. The lowest BCUT2D eigenvalue weighted by molar-refractivity contribution is 0.112. The van der Waals surface area contributed by atoms with Crippen molar-refractivity contribution >= 4 is 6.08 Å². The molecule has 184 valence electrons. The molecule has 36 heavy (non-hydrogen) atoms. The third kappa shape index (κ3) is 5.27. The van der Waals surface area contributed by atoms with Gasteiger partial charge in [-0.15, -0.1) is 5.10 Å². The van der Waals surface area contributed by atoms with Crippen LogP contribution in [0.25, 0.3) is 11.8 Å². The van der Waals surface area contributed by atoms with Gasteiger partial charge in [0, 0.05) is 38.4 Å². The van der Waals surface area contributed by atoms with Crippen LogP contribution in [0.5, 0.6) is 0 Å². The van der Waals surface area contributed by atoms with Crippen LogP contribution >= 0.6 is 0 Å². The second-order valence-electron chi connectivity index (χ2n) is 9.45. The molecule has 3 heterocycles. The van der Waals surface area contributed by atoms with E-state index in [2.05, 4.69) is 106 Å². The molecule has 0 N–H and O–H groups in total. The molecule has 0 spiro atoms. The summed E-state index contributed by atoms with van der Waals surface area (Å²) in [4.78, 5) is 9.87. The quantitative estimate of drug-likeness (QED) is 0.391. The van der Waals surface area contributed by atoms with E-state index in [-0.39, 0.29) is 6.04 Å². The molecule has 0 amide bonds. The average Bonchev–Trinajstić information content (AvgIpc) is 3.34. The van der Waals surface area contributed by atoms with Crippen LogP contribution in [-0.4, -0.2) is 67.7 Å². The zero-order chi connectivity index (χ0) is 24.9. The standard InChI is InChI=1S/C29H33N7/c1-22-10-7-11-23(2)27(22)36-29(31-32-33-36)28(26-16-8-12-24(3)30-26)35-20-18-34(19-21-35)17-9-15-25-13-5-4-6-14-25/h4-16,28H,17-21H2,1-3H3/t28-/m1/s1. The van der Waals surface area contributed by atoms with E-state index in [1.807, 2.05) is 23.7 Å². The lowest BCUT2D eigenvalue weighted by atomic mass is 10.1. The predicted molar refractivity (Wildman–Crippen MR) is 143 cm³/mol. The highest BCUT2D eigenvalue weighted by Crippen LogP contribution is 2.30. The Morgan fingerprint density at radius 1 is 0.833 bits per heavy atom. The van der Waals surface area contributed by atoms with Crippen LogP contribution in [0.1, 0.15) is 39.9 Å². The van der Waals surface area contributed by atoms with Crippen LogP contribution in [0.4, 0.5) is 0 Å². The number of nitrogens with zero attached hydrogens (tertiary/aromatic N) is 7. The fraction of sp³-hybridized carbons (Fsp3) is 0.310. The largest absolute Gasteiger partial charge is 0.297 e. The summed E-state index contributed by atoms with van der Waals surface area (Å²) in [5, 5.41) is 13.1. The highest BCUT2D eigenvalue weighted by atomic mass is 15.6. The molecule has 2 aromatic carbocycles. The van der Waals surface area contributed by atoms with E-state index in [0.717, 1.165) is 66.8 Å². The molecule has 0 aliphatic carbocycles. The van der Waals surface area contributed by atoms with Crippen LogP contribution in [0.15, 0.2) is 72.8 Å². The highest BCUT2D eigenvalue weighted by Gasteiger charge is 2.32. The first-order valence-corrected chi connectivity index (χ1v) is 12.6. The van der Waals surface area contributed by atoms with Gasteiger partial charge in [0.2, 0.25) is 0 Å². The van der Waals surface area contributed by atoms with Crippen molar-refractivity contribution in [2.24, 2.45) is 0 Å². The molecule has 1 atom stereocenters. The number of piperazine rings is 1. The second-order valence-corrected chi connectivity index (χ2v) is 9.45. The van der Waals surface area contributed by atoms with Crippen LogP contribution in [0.2, 0.25) is 0 Å². The Balaban J connectivity index is 1.39. The molecule has 0 saturated carbocycles. The van der Waals surface area contributed by atoms with Crippen LogP contribution in [0, 0.1) is 20.8 Å². The van der Waals surface area contributed by atoms with Crippen LogP contribution < -0.4 is 0 Å². The maximum atomic E-state index is 4.91. The van der Waals surface area contributed by atoms with Crippen molar-refractivity contribution in [2.75, 3.05) is 32.7 Å². The first kappa shape index (κ1) is 24.0. The minimum absolute atomic E-state index is 0.124. The summed E-state index contributed by atoms with van der Waals surface area (Å²) >= 11 is 0. The monoisotopic (exact) mass is 479 g/mol. The molecular formula is C29H33N7. The summed E-state index contributed by atoms with van der Waals surface area (Å²) in [6.45, 7) is 11.0. The zero-order valence-corrected chi connectivity index (χ0v) is 21.2. The second kappa shape index (κ2) is 10.9. The van der Waals surface area contributed by atoms with Gasteiger partial charge in [0.05, 0.1) is 11.4 Å². The van der Waals surface area contributed by atoms with E-state index in [4.69, 9.17) is 4.98 Å². The molecule has 4 aromatic rings. The van der Waals surface area contributed by atoms with Crippen molar-refractivity contribution < 1.29 is 0 Å². The van der Waals surface area contributed by atoms with E-state index in [1.165, 1.54) is 5.56 Å². The Morgan fingerprint density at radius 3 is 2.28 bits per heavy atom. The molecule has 7 nitrogen and oxygen atoms in total. The summed E-state index contributed by atoms with van der Waals surface area (Å²) in [6.07, 6.45) is 4.45. The van der Waals surface area contributed by atoms with Gasteiger partial charge < -0.3 is 0 Å². The Bertz CT molecular complexity index is 1300. The van der Waals surface area contributed by atoms with Crippen molar-refractivity contribution in [3.05, 3.63) is 107 Å². The summed E-state index contributed by atoms with van der Waals surface area (Å²) in [6, 6.07) is 22.8. The lowest BCUT2D eigenvalue weighted by Gasteiger charge is -2.38. The molecule has 5 rings (SSSR count). The topological polar surface area (TPSA) is 63.0 Å². The molecule has 1 fully saturated rings. The number of hydrogen-bond donors (Lipinski definition) is 0. The fourth-order valence-electron chi connectivity index (χ4n) is 4.97. The molecule has 0 unspecified atom stereocenters. The van der Waals surface area contributed by atoms with E-state index in [0.29, 0.717) is 0 Å². The van der Waals surface area contributed by atoms with Crippen molar-refractivity contribution in [1.29, 1.82) is 0 Å². The fourth-order valence-corrected chi connectivity index (χ4v) is 4.97. The summed E-state index contributed by atoms with van der Waals surface area (Å²) in [5.41, 5.74) is 6.55. The maximum Gasteiger partial charge on any atom is 0.179 e. The van der Waals surface area contributed by atoms with Gasteiger partial charge in [-0.25, -0.2) is 0 Å². The van der Waals surface area contributed by atoms with E-state index < -0.39 is 0 Å². The Morgan fingerprint density at radius 2 is 1.56 bits per heavy atom. The Labute approximate surface area is 213 Å². The third-order valence-electron chi connectivity index (χ3n) is 6.83. The molecule has 1 saturated heterocycles. The minimum atomic E-state index is -0.124. The van der Waals surface area contributed by atoms with Gasteiger partial charge in [-0.3, -0.25) is 14.8 Å². The number of benzene rings is 2. The minimum Gasteiger partial charge on any atom is -0.297 e. The normalized spacial score (nSPS) is 16.0. The molecule has 2 aromatic heterocycles. The first-order chi connectivity index (χ1) is 17.6. The molecule has 7 heteroatoms. The van der Waals surface area contributed by atoms with Crippen molar-refractivity contribution in [3.8, 4) is 5.69 Å². The van der Waals surface area contributed by atoms with Crippen LogP contribution in [0.3, 0.4) is 0 Å². The average molecular weight is 480 g/mol. The summed E-state index contributed by atoms with van der Waals surface area (Å²) < 4.78 is 1.91. The maximum absolute atomic E-state index is 4.91. The number of hydrogen-bond acceptors (Lipinski definition) is 6. The first-order valence-electron chi connectivity index (χ1n) is 12.6. The van der Waals surface area contributed by atoms with Crippen LogP contribution in [-0.2, 0) is 0 Å². The van der Waals surface area contributed by atoms with Gasteiger partial charge in [-0.2, -0.15) is 4.68 Å². The number of rotatable bonds is 7. The van der Waals surface area contributed by atoms with Crippen molar-refractivity contribution in [1.82, 2.24) is 35.0 Å². The van der Waals surface area contributed by atoms with Gasteiger partial charge >= 0.3 is 0 Å². The molecule has 1 aliphatic rings. The van der Waals surface area contributed by atoms with Gasteiger partial charge in [-0.1, -0.05) is 66.7 Å². The Kier molecular flexibility index (Phi) is 7.30. The van der Waals surface area contributed by atoms with Gasteiger partial charge in [0.25, 0.3) is 0 Å². The number of para-hydroxylation sites is 1. The molecular weight excluding hydrogens is 446 g/mol. The van der Waals surface area contributed by atoms with Crippen molar-refractivity contribution in [3.63, 3.8) is 0 Å². The molecule has 1 aliphatic heterocycles. The summed E-state index contributed by atoms with van der Waals surface area (Å²) in [5.74, 6) is 0.808. The van der Waals surface area contributed by atoms with Gasteiger partial charge in [0.15, 0.2) is 5.82 Å². The van der Waals surface area contributed by atoms with Gasteiger partial charge in [0.1, 0.15) is 6.04 Å². The van der Waals surface area contributed by atoms with E-state index >= 15 is 0 Å². The molecule has 0 bridgehead atoms. The predicted octanol–water partition coefficient (Wildman–Crippen LogP) is 4.40. The Hall–Kier alpha value is -3.68. The smallest absolute Gasteiger partial charge is 0.179 e. The highest BCUT2D eigenvalue weighted by molar-refractivity contribution is 5.49. The number of aromatic nitrogens is 5.